The predicted octanol–water partition coefficient (Wildman–Crippen LogP) is 0.654. The summed E-state index contributed by atoms with van der Waals surface area (Å²) in [6.45, 7) is 2.43. The summed E-state index contributed by atoms with van der Waals surface area (Å²) in [5.41, 5.74) is 5.46. The van der Waals surface area contributed by atoms with Gasteiger partial charge in [0.25, 0.3) is 11.8 Å². The van der Waals surface area contributed by atoms with Crippen LogP contribution < -0.4 is 11.1 Å². The maximum absolute atomic E-state index is 13.8. The first kappa shape index (κ1) is 28.5. The number of ether oxygens (including phenoxy) is 2. The van der Waals surface area contributed by atoms with Gasteiger partial charge in [-0.3, -0.25) is 19.2 Å². The molecular formula is C25H30N4O9S2. The fourth-order valence-corrected chi connectivity index (χ4v) is 8.00. The number of hydrogen-bond donors (Lipinski definition) is 2. The fraction of sp³-hybridized carbons (Fsp3) is 0.600. The number of carbonyl (C=O) groups excluding carboxylic acids is 6. The molecule has 15 heteroatoms. The van der Waals surface area contributed by atoms with E-state index in [1.165, 1.54) is 21.6 Å². The highest BCUT2D eigenvalue weighted by atomic mass is 33.1. The molecule has 0 bridgehead atoms. The number of hydroxylamine groups is 2. The SMILES string of the molecule is CO[C@@]12[C@H](COC(N)=O)C3=C(C(=O)C(C)=C(NCCSSCCC(=O)ON4C(=O)CCC4=O)C3=O)N1C[C@@H]1C[C@@H]12. The molecule has 0 unspecified atom stereocenters. The number of amides is 3. The summed E-state index contributed by atoms with van der Waals surface area (Å²) >= 11 is 0. The second-order valence-electron chi connectivity index (χ2n) is 10.1. The van der Waals surface area contributed by atoms with Gasteiger partial charge in [0.05, 0.1) is 23.7 Å². The van der Waals surface area contributed by atoms with Crippen LogP contribution >= 0.6 is 21.6 Å². The number of nitrogens with zero attached hydrogens (tertiary/aromatic N) is 2. The lowest BCUT2D eigenvalue weighted by molar-refractivity contribution is -0.197. The largest absolute Gasteiger partial charge is 0.449 e. The van der Waals surface area contributed by atoms with Crippen molar-refractivity contribution in [2.24, 2.45) is 23.5 Å². The topological polar surface area (TPSA) is 175 Å². The van der Waals surface area contributed by atoms with Crippen molar-refractivity contribution in [2.75, 3.05) is 38.3 Å². The molecule has 3 amide bonds. The Kier molecular flexibility index (Phi) is 7.90. The maximum atomic E-state index is 13.8. The standard InChI is InChI=1S/C25H30N4O9S2/c1-12-20(27-6-8-40-39-7-5-18(32)38-29-16(30)3-4-17(29)31)23(34)19-15(11-37-24(26)35)25(36-2)14-9-13(14)10-28(25)21(19)22(12)33/h13-15,27H,3-11H2,1-2H3,(H2,26,35)/t13-,14-,15+,25-/m0/s1. The van der Waals surface area contributed by atoms with Crippen molar-refractivity contribution in [3.63, 3.8) is 0 Å². The van der Waals surface area contributed by atoms with Gasteiger partial charge in [0.1, 0.15) is 6.61 Å². The molecule has 2 saturated heterocycles. The van der Waals surface area contributed by atoms with Crippen molar-refractivity contribution < 1.29 is 43.1 Å². The van der Waals surface area contributed by atoms with Crippen molar-refractivity contribution in [1.82, 2.24) is 15.3 Å². The van der Waals surface area contributed by atoms with Gasteiger partial charge in [-0.1, -0.05) is 21.6 Å². The molecule has 0 spiro atoms. The zero-order chi connectivity index (χ0) is 28.8. The maximum Gasteiger partial charge on any atom is 0.404 e. The van der Waals surface area contributed by atoms with Gasteiger partial charge in [0, 0.05) is 61.6 Å². The van der Waals surface area contributed by atoms with Gasteiger partial charge < -0.3 is 30.3 Å². The summed E-state index contributed by atoms with van der Waals surface area (Å²) in [5, 5.41) is 3.63. The summed E-state index contributed by atoms with van der Waals surface area (Å²) in [6.07, 6.45) is 0.0583. The van der Waals surface area contributed by atoms with Gasteiger partial charge in [-0.2, -0.15) is 0 Å². The number of rotatable bonds is 12. The Hall–Kier alpha value is -3.04. The smallest absolute Gasteiger partial charge is 0.404 e. The monoisotopic (exact) mass is 594 g/mol. The first-order valence-electron chi connectivity index (χ1n) is 13.0. The van der Waals surface area contributed by atoms with Gasteiger partial charge in [-0.15, -0.1) is 5.06 Å². The summed E-state index contributed by atoms with van der Waals surface area (Å²) in [7, 11) is 4.41. The average molecular weight is 595 g/mol. The molecule has 5 aliphatic rings. The van der Waals surface area contributed by atoms with Crippen LogP contribution in [0.5, 0.6) is 0 Å². The van der Waals surface area contributed by atoms with E-state index in [9.17, 15) is 28.8 Å². The molecular weight excluding hydrogens is 564 g/mol. The van der Waals surface area contributed by atoms with Crippen LogP contribution in [-0.4, -0.2) is 89.4 Å². The number of primary amides is 1. The van der Waals surface area contributed by atoms with E-state index in [0.29, 0.717) is 52.4 Å². The number of nitrogens with one attached hydrogen (secondary N) is 1. The van der Waals surface area contributed by atoms with Crippen LogP contribution in [0, 0.1) is 17.8 Å². The minimum Gasteiger partial charge on any atom is -0.449 e. The molecule has 0 aromatic carbocycles. The van der Waals surface area contributed by atoms with Crippen LogP contribution in [0.2, 0.25) is 0 Å². The molecule has 13 nitrogen and oxygen atoms in total. The number of Topliss-reactive ketones (excluding diaryl/α,β-unsaturated/α-hetero) is 2. The first-order chi connectivity index (χ1) is 19.1. The molecule has 0 radical (unpaired) electrons. The molecule has 3 N–H and O–H groups in total. The van der Waals surface area contributed by atoms with Crippen LogP contribution in [0.25, 0.3) is 0 Å². The number of hydrogen-bond acceptors (Lipinski definition) is 13. The van der Waals surface area contributed by atoms with E-state index >= 15 is 0 Å². The Morgan fingerprint density at radius 3 is 2.48 bits per heavy atom. The second kappa shape index (κ2) is 11.1. The highest BCUT2D eigenvalue weighted by Gasteiger charge is 2.72. The number of carbonyl (C=O) groups is 6. The predicted molar refractivity (Wildman–Crippen MR) is 142 cm³/mol. The van der Waals surface area contributed by atoms with Gasteiger partial charge >= 0.3 is 12.1 Å². The Bertz CT molecular complexity index is 1230. The van der Waals surface area contributed by atoms with E-state index in [1.54, 1.807) is 14.0 Å². The molecule has 40 heavy (non-hydrogen) atoms. The third kappa shape index (κ3) is 4.77. The molecule has 2 aliphatic carbocycles. The lowest BCUT2D eigenvalue weighted by Gasteiger charge is -2.40. The molecule has 1 saturated carbocycles. The van der Waals surface area contributed by atoms with Crippen molar-refractivity contribution in [3.8, 4) is 0 Å². The zero-order valence-corrected chi connectivity index (χ0v) is 23.7. The van der Waals surface area contributed by atoms with Crippen molar-refractivity contribution in [2.45, 2.75) is 38.3 Å². The summed E-state index contributed by atoms with van der Waals surface area (Å²) in [5.74, 6) is -1.48. The molecule has 5 rings (SSSR count). The van der Waals surface area contributed by atoms with Gasteiger partial charge in [-0.25, -0.2) is 9.59 Å². The minimum atomic E-state index is -0.960. The Balaban J connectivity index is 1.15. The van der Waals surface area contributed by atoms with Crippen LogP contribution in [0.4, 0.5) is 4.79 Å². The van der Waals surface area contributed by atoms with Crippen molar-refractivity contribution in [3.05, 3.63) is 22.5 Å². The molecule has 0 aromatic rings. The molecule has 216 valence electrons. The van der Waals surface area contributed by atoms with Gasteiger partial charge in [0.2, 0.25) is 11.6 Å². The first-order valence-corrected chi connectivity index (χ1v) is 15.4. The second-order valence-corrected chi connectivity index (χ2v) is 12.8. The van der Waals surface area contributed by atoms with E-state index in [4.69, 9.17) is 20.0 Å². The number of nitrogens with two attached hydrogens (primary N) is 1. The van der Waals surface area contributed by atoms with E-state index < -0.39 is 35.5 Å². The molecule has 0 aromatic heterocycles. The summed E-state index contributed by atoms with van der Waals surface area (Å²) in [6, 6.07) is 0. The van der Waals surface area contributed by atoms with Gasteiger partial charge in [0.15, 0.2) is 5.72 Å². The summed E-state index contributed by atoms with van der Waals surface area (Å²) in [4.78, 5) is 80.4. The highest BCUT2D eigenvalue weighted by molar-refractivity contribution is 8.76. The van der Waals surface area contributed by atoms with Crippen molar-refractivity contribution >= 4 is 57.0 Å². The van der Waals surface area contributed by atoms with E-state index in [1.807, 2.05) is 4.90 Å². The molecule has 3 fully saturated rings. The lowest BCUT2D eigenvalue weighted by atomic mass is 9.82. The van der Waals surface area contributed by atoms with E-state index in [-0.39, 0.29) is 49.1 Å². The number of imide groups is 1. The van der Waals surface area contributed by atoms with E-state index in [0.717, 1.165) is 6.42 Å². The number of allylic oxidation sites excluding steroid dienone is 2. The van der Waals surface area contributed by atoms with Crippen LogP contribution in [-0.2, 0) is 38.3 Å². The molecule has 4 atom stereocenters. The molecule has 3 heterocycles. The Morgan fingerprint density at radius 1 is 1.10 bits per heavy atom. The van der Waals surface area contributed by atoms with Crippen molar-refractivity contribution in [1.29, 1.82) is 0 Å². The average Bonchev–Trinajstić information content (AvgIpc) is 3.41. The van der Waals surface area contributed by atoms with E-state index in [2.05, 4.69) is 5.32 Å². The number of methoxy groups -OCH3 is 1. The fourth-order valence-electron chi connectivity index (χ4n) is 6.12. The van der Waals surface area contributed by atoms with Crippen LogP contribution in [0.3, 0.4) is 0 Å². The molecule has 3 aliphatic heterocycles. The Labute approximate surface area is 237 Å². The third-order valence-corrected chi connectivity index (χ3v) is 10.4. The van der Waals surface area contributed by atoms with Crippen LogP contribution in [0.1, 0.15) is 32.6 Å². The van der Waals surface area contributed by atoms with Gasteiger partial charge in [-0.05, 0) is 19.3 Å². The lowest BCUT2D eigenvalue weighted by Crippen LogP contribution is -2.51. The zero-order valence-electron chi connectivity index (χ0n) is 22.1. The number of fused-ring (bicyclic) bond motifs is 4. The normalized spacial score (nSPS) is 28.7. The minimum absolute atomic E-state index is 0.0186. The Morgan fingerprint density at radius 2 is 1.80 bits per heavy atom. The number of ketones is 2. The number of piperidine rings is 1. The third-order valence-electron chi connectivity index (χ3n) is 7.95. The quantitative estimate of drug-likeness (QED) is 0.140. The summed E-state index contributed by atoms with van der Waals surface area (Å²) < 4.78 is 11.2. The highest BCUT2D eigenvalue weighted by Crippen LogP contribution is 2.65. The van der Waals surface area contributed by atoms with Crippen LogP contribution in [0.15, 0.2) is 22.5 Å².